The van der Waals surface area contributed by atoms with Crippen LogP contribution in [0.3, 0.4) is 0 Å². The highest BCUT2D eigenvalue weighted by Crippen LogP contribution is 2.39. The fourth-order valence-corrected chi connectivity index (χ4v) is 4.79. The van der Waals surface area contributed by atoms with Gasteiger partial charge in [0.2, 0.25) is 0 Å². The molecule has 3 heterocycles. The van der Waals surface area contributed by atoms with Crippen molar-refractivity contribution < 1.29 is 0 Å². The van der Waals surface area contributed by atoms with Gasteiger partial charge in [0, 0.05) is 14.1 Å². The summed E-state index contributed by atoms with van der Waals surface area (Å²) < 4.78 is 0. The smallest absolute Gasteiger partial charge is 0.143 e. The molecule has 0 unspecified atom stereocenters. The molecule has 0 saturated carbocycles. The molecule has 0 amide bonds. The van der Waals surface area contributed by atoms with Crippen LogP contribution in [0.4, 0.5) is 11.6 Å². The van der Waals surface area contributed by atoms with Gasteiger partial charge in [-0.2, -0.15) is 0 Å². The van der Waals surface area contributed by atoms with E-state index in [2.05, 4.69) is 66.7 Å². The van der Waals surface area contributed by atoms with Crippen molar-refractivity contribution in [1.82, 2.24) is 15.0 Å². The Morgan fingerprint density at radius 1 is 0.500 bits per heavy atom. The molecule has 0 aliphatic carbocycles. The van der Waals surface area contributed by atoms with Crippen molar-refractivity contribution in [2.24, 2.45) is 11.7 Å². The van der Waals surface area contributed by atoms with Crippen molar-refractivity contribution in [1.29, 1.82) is 0 Å². The van der Waals surface area contributed by atoms with Gasteiger partial charge in [-0.1, -0.05) is 60.7 Å². The van der Waals surface area contributed by atoms with Crippen molar-refractivity contribution in [2.75, 3.05) is 24.1 Å². The molecule has 7 heteroatoms. The van der Waals surface area contributed by atoms with Crippen LogP contribution >= 0.6 is 0 Å². The lowest BCUT2D eigenvalue weighted by Crippen LogP contribution is -2.26. The number of benzene rings is 3. The Hall–Kier alpha value is -4.85. The molecule has 4 N–H and O–H groups in total. The summed E-state index contributed by atoms with van der Waals surface area (Å²) in [5.41, 5.74) is 5.07. The van der Waals surface area contributed by atoms with Crippen LogP contribution in [0.1, 0.15) is 0 Å². The minimum absolute atomic E-state index is 0.650. The lowest BCUT2D eigenvalue weighted by molar-refractivity contribution is 0.975. The van der Waals surface area contributed by atoms with Crippen molar-refractivity contribution in [3.05, 3.63) is 103 Å². The molecule has 0 aliphatic rings. The number of aromatic nitrogens is 3. The van der Waals surface area contributed by atoms with Gasteiger partial charge in [0.15, 0.2) is 0 Å². The van der Waals surface area contributed by atoms with Crippen LogP contribution in [-0.4, -0.2) is 29.0 Å². The standard InChI is InChI=1S/C31H27N7/c1-37(32)29-15-7-13-25(35-29)27-18-22(19-28(34-27)26-14-8-16-30(36-26)38(2)33)31-23-11-5-3-9-20(23)17-21-10-4-6-12-24(21)31/h3-19H,32-33H2,1-2H3. The lowest BCUT2D eigenvalue weighted by atomic mass is 9.91. The second-order valence-corrected chi connectivity index (χ2v) is 9.30. The summed E-state index contributed by atoms with van der Waals surface area (Å²) in [6.07, 6.45) is 0. The molecule has 0 fully saturated rings. The Bertz CT molecular complexity index is 1670. The average molecular weight is 498 g/mol. The van der Waals surface area contributed by atoms with E-state index >= 15 is 0 Å². The number of hydrogen-bond donors (Lipinski definition) is 2. The van der Waals surface area contributed by atoms with E-state index in [1.54, 1.807) is 14.1 Å². The fraction of sp³-hybridized carbons (Fsp3) is 0.0645. The van der Waals surface area contributed by atoms with Gasteiger partial charge in [0.1, 0.15) is 11.6 Å². The van der Waals surface area contributed by atoms with Gasteiger partial charge in [0.05, 0.1) is 22.8 Å². The Kier molecular flexibility index (Phi) is 5.92. The second kappa shape index (κ2) is 9.55. The average Bonchev–Trinajstić information content (AvgIpc) is 2.95. The van der Waals surface area contributed by atoms with E-state index in [1.807, 2.05) is 36.4 Å². The molecule has 0 atom stereocenters. The number of anilines is 2. The predicted molar refractivity (Wildman–Crippen MR) is 156 cm³/mol. The van der Waals surface area contributed by atoms with Gasteiger partial charge in [-0.15, -0.1) is 0 Å². The zero-order valence-electron chi connectivity index (χ0n) is 21.2. The predicted octanol–water partition coefficient (Wildman–Crippen LogP) is 5.80. The first kappa shape index (κ1) is 23.5. The van der Waals surface area contributed by atoms with Crippen LogP contribution < -0.4 is 21.7 Å². The first-order chi connectivity index (χ1) is 18.5. The molecule has 0 saturated heterocycles. The number of nitrogens with zero attached hydrogens (tertiary/aromatic N) is 5. The highest BCUT2D eigenvalue weighted by molar-refractivity contribution is 6.13. The van der Waals surface area contributed by atoms with Crippen LogP contribution in [0.25, 0.3) is 55.4 Å². The molecule has 38 heavy (non-hydrogen) atoms. The second-order valence-electron chi connectivity index (χ2n) is 9.30. The minimum Gasteiger partial charge on any atom is -0.298 e. The number of rotatable bonds is 5. The summed E-state index contributed by atoms with van der Waals surface area (Å²) in [4.78, 5) is 14.6. The quantitative estimate of drug-likeness (QED) is 0.176. The normalized spacial score (nSPS) is 11.2. The van der Waals surface area contributed by atoms with E-state index in [9.17, 15) is 0 Å². The third kappa shape index (κ3) is 4.30. The SMILES string of the molecule is CN(N)c1cccc(-c2cc(-c3c4ccccc4cc4ccccc34)cc(-c3cccc(N(C)N)n3)n2)n1. The first-order valence-corrected chi connectivity index (χ1v) is 12.3. The summed E-state index contributed by atoms with van der Waals surface area (Å²) in [7, 11) is 3.53. The molecule has 0 radical (unpaired) electrons. The third-order valence-corrected chi connectivity index (χ3v) is 6.60. The van der Waals surface area contributed by atoms with E-state index < -0.39 is 0 Å². The Labute approximate surface area is 220 Å². The summed E-state index contributed by atoms with van der Waals surface area (Å²) in [6, 6.07) is 34.9. The summed E-state index contributed by atoms with van der Waals surface area (Å²) in [5, 5.41) is 7.68. The van der Waals surface area contributed by atoms with E-state index in [1.165, 1.54) is 31.6 Å². The molecule has 3 aromatic carbocycles. The molecule has 3 aromatic heterocycles. The van der Waals surface area contributed by atoms with E-state index in [0.29, 0.717) is 11.6 Å². The highest BCUT2D eigenvalue weighted by Gasteiger charge is 2.16. The third-order valence-electron chi connectivity index (χ3n) is 6.60. The topological polar surface area (TPSA) is 97.2 Å². The first-order valence-electron chi connectivity index (χ1n) is 12.3. The Morgan fingerprint density at radius 3 is 1.45 bits per heavy atom. The molecular formula is C31H27N7. The van der Waals surface area contributed by atoms with Crippen LogP contribution in [-0.2, 0) is 0 Å². The number of pyridine rings is 3. The number of hydrogen-bond acceptors (Lipinski definition) is 7. The molecule has 0 aliphatic heterocycles. The molecule has 6 aromatic rings. The summed E-state index contributed by atoms with van der Waals surface area (Å²) in [5.74, 6) is 13.3. The van der Waals surface area contributed by atoms with Gasteiger partial charge in [-0.25, -0.2) is 26.6 Å². The molecule has 0 spiro atoms. The van der Waals surface area contributed by atoms with E-state index in [4.69, 9.17) is 26.6 Å². The van der Waals surface area contributed by atoms with E-state index in [0.717, 1.165) is 33.9 Å². The maximum absolute atomic E-state index is 6.00. The van der Waals surface area contributed by atoms with Gasteiger partial charge in [0.25, 0.3) is 0 Å². The van der Waals surface area contributed by atoms with Crippen molar-refractivity contribution in [2.45, 2.75) is 0 Å². The number of hydrazine groups is 2. The highest BCUT2D eigenvalue weighted by atomic mass is 15.4. The van der Waals surface area contributed by atoms with Crippen molar-refractivity contribution in [3.8, 4) is 33.9 Å². The van der Waals surface area contributed by atoms with Gasteiger partial charge in [-0.05, 0) is 75.1 Å². The monoisotopic (exact) mass is 497 g/mol. The summed E-state index contributed by atoms with van der Waals surface area (Å²) in [6.45, 7) is 0. The number of nitrogens with two attached hydrogens (primary N) is 2. The van der Waals surface area contributed by atoms with Gasteiger partial charge >= 0.3 is 0 Å². The van der Waals surface area contributed by atoms with Crippen LogP contribution in [0.2, 0.25) is 0 Å². The van der Waals surface area contributed by atoms with Crippen LogP contribution in [0.5, 0.6) is 0 Å². The molecular weight excluding hydrogens is 470 g/mol. The molecule has 6 rings (SSSR count). The lowest BCUT2D eigenvalue weighted by Gasteiger charge is -2.16. The number of fused-ring (bicyclic) bond motifs is 2. The largest absolute Gasteiger partial charge is 0.298 e. The van der Waals surface area contributed by atoms with Gasteiger partial charge in [-0.3, -0.25) is 10.0 Å². The Morgan fingerprint density at radius 2 is 0.974 bits per heavy atom. The van der Waals surface area contributed by atoms with Crippen molar-refractivity contribution >= 4 is 33.2 Å². The van der Waals surface area contributed by atoms with E-state index in [-0.39, 0.29) is 0 Å². The zero-order valence-corrected chi connectivity index (χ0v) is 21.2. The molecule has 7 nitrogen and oxygen atoms in total. The zero-order chi connectivity index (χ0) is 26.2. The fourth-order valence-electron chi connectivity index (χ4n) is 4.79. The maximum Gasteiger partial charge on any atom is 0.143 e. The van der Waals surface area contributed by atoms with Gasteiger partial charge < -0.3 is 0 Å². The van der Waals surface area contributed by atoms with Crippen LogP contribution in [0.15, 0.2) is 103 Å². The molecule has 0 bridgehead atoms. The summed E-state index contributed by atoms with van der Waals surface area (Å²) >= 11 is 0. The van der Waals surface area contributed by atoms with Crippen molar-refractivity contribution in [3.63, 3.8) is 0 Å². The minimum atomic E-state index is 0.650. The molecule has 186 valence electrons. The Balaban J connectivity index is 1.67. The van der Waals surface area contributed by atoms with Crippen LogP contribution in [0, 0.1) is 0 Å². The maximum atomic E-state index is 6.00.